The molecular weight excluding hydrogens is 240 g/mol. The van der Waals surface area contributed by atoms with Gasteiger partial charge in [-0.2, -0.15) is 0 Å². The van der Waals surface area contributed by atoms with Crippen LogP contribution < -0.4 is 15.4 Å². The summed E-state index contributed by atoms with van der Waals surface area (Å²) in [6.45, 7) is 0.965. The molecule has 1 aliphatic rings. The minimum Gasteiger partial charge on any atom is -0.488 e. The summed E-state index contributed by atoms with van der Waals surface area (Å²) in [5, 5.41) is 6.34. The number of fused-ring (bicyclic) bond motifs is 1. The number of nitrogens with one attached hydrogen (secondary N) is 2. The number of ether oxygens (including phenoxy) is 1. The number of likely N-dealkylation sites (N-methyl/N-ethyl adjacent to an activating group) is 1. The molecule has 0 saturated carbocycles. The summed E-state index contributed by atoms with van der Waals surface area (Å²) in [5.41, 5.74) is 1.13. The van der Waals surface area contributed by atoms with Crippen molar-refractivity contribution in [1.82, 2.24) is 10.6 Å². The first-order valence-electron chi connectivity index (χ1n) is 5.55. The summed E-state index contributed by atoms with van der Waals surface area (Å²) in [7, 11) is 1.62. The van der Waals surface area contributed by atoms with Gasteiger partial charge in [-0.05, 0) is 23.8 Å². The third-order valence-electron chi connectivity index (χ3n) is 2.70. The van der Waals surface area contributed by atoms with E-state index >= 15 is 0 Å². The molecule has 17 heavy (non-hydrogen) atoms. The Balaban J connectivity index is 1.82. The molecule has 0 bridgehead atoms. The highest BCUT2D eigenvalue weighted by Crippen LogP contribution is 2.30. The second kappa shape index (κ2) is 5.38. The van der Waals surface area contributed by atoms with E-state index in [4.69, 9.17) is 16.3 Å². The fraction of sp³-hybridized carbons (Fsp3) is 0.417. The SMILES string of the molecule is CNC(=O)CNCC1Cc2cc(Cl)ccc2O1. The minimum absolute atomic E-state index is 0.0245. The summed E-state index contributed by atoms with van der Waals surface area (Å²) < 4.78 is 5.72. The third kappa shape index (κ3) is 3.11. The van der Waals surface area contributed by atoms with E-state index in [1.54, 1.807) is 7.05 Å². The molecule has 0 aromatic heterocycles. The lowest BCUT2D eigenvalue weighted by molar-refractivity contribution is -0.119. The zero-order valence-corrected chi connectivity index (χ0v) is 10.4. The highest BCUT2D eigenvalue weighted by Gasteiger charge is 2.22. The summed E-state index contributed by atoms with van der Waals surface area (Å²) in [5.74, 6) is 0.865. The van der Waals surface area contributed by atoms with Crippen LogP contribution in [0, 0.1) is 0 Å². The van der Waals surface area contributed by atoms with E-state index in [-0.39, 0.29) is 12.0 Å². The number of carbonyl (C=O) groups excluding carboxylic acids is 1. The van der Waals surface area contributed by atoms with E-state index in [1.807, 2.05) is 18.2 Å². The number of carbonyl (C=O) groups is 1. The monoisotopic (exact) mass is 254 g/mol. The molecule has 1 amide bonds. The number of hydrogen-bond donors (Lipinski definition) is 2. The Morgan fingerprint density at radius 3 is 3.18 bits per heavy atom. The van der Waals surface area contributed by atoms with Crippen molar-refractivity contribution in [3.05, 3.63) is 28.8 Å². The van der Waals surface area contributed by atoms with Gasteiger partial charge in [-0.3, -0.25) is 4.79 Å². The number of hydrogen-bond acceptors (Lipinski definition) is 3. The molecule has 2 N–H and O–H groups in total. The molecule has 4 nitrogen and oxygen atoms in total. The quantitative estimate of drug-likeness (QED) is 0.842. The van der Waals surface area contributed by atoms with Gasteiger partial charge in [0.15, 0.2) is 0 Å². The lowest BCUT2D eigenvalue weighted by atomic mass is 10.1. The predicted molar refractivity (Wildman–Crippen MR) is 66.5 cm³/mol. The standard InChI is InChI=1S/C12H15ClN2O2/c1-14-12(16)7-15-6-10-5-8-4-9(13)2-3-11(8)17-10/h2-4,10,15H,5-7H2,1H3,(H,14,16). The number of benzene rings is 1. The third-order valence-corrected chi connectivity index (χ3v) is 2.94. The van der Waals surface area contributed by atoms with Crippen molar-refractivity contribution in [2.45, 2.75) is 12.5 Å². The fourth-order valence-electron chi connectivity index (χ4n) is 1.84. The van der Waals surface area contributed by atoms with Crippen LogP contribution in [0.1, 0.15) is 5.56 Å². The highest BCUT2D eigenvalue weighted by molar-refractivity contribution is 6.30. The van der Waals surface area contributed by atoms with Crippen LogP contribution in [0.3, 0.4) is 0 Å². The van der Waals surface area contributed by atoms with Crippen molar-refractivity contribution < 1.29 is 9.53 Å². The van der Waals surface area contributed by atoms with Crippen molar-refractivity contribution in [2.24, 2.45) is 0 Å². The zero-order valence-electron chi connectivity index (χ0n) is 9.63. The average molecular weight is 255 g/mol. The van der Waals surface area contributed by atoms with E-state index in [0.29, 0.717) is 13.1 Å². The number of halogens is 1. The molecule has 1 heterocycles. The molecule has 0 aliphatic carbocycles. The average Bonchev–Trinajstić information content (AvgIpc) is 2.70. The molecule has 1 aliphatic heterocycles. The molecular formula is C12H15ClN2O2. The molecule has 0 spiro atoms. The molecule has 0 saturated heterocycles. The maximum Gasteiger partial charge on any atom is 0.233 e. The molecule has 0 radical (unpaired) electrons. The van der Waals surface area contributed by atoms with Gasteiger partial charge in [-0.15, -0.1) is 0 Å². The fourth-order valence-corrected chi connectivity index (χ4v) is 2.03. The van der Waals surface area contributed by atoms with Gasteiger partial charge in [0.2, 0.25) is 5.91 Å². The first-order valence-corrected chi connectivity index (χ1v) is 5.93. The minimum atomic E-state index is -0.0245. The lowest BCUT2D eigenvalue weighted by Crippen LogP contribution is -2.37. The van der Waals surface area contributed by atoms with Gasteiger partial charge < -0.3 is 15.4 Å². The van der Waals surface area contributed by atoms with Crippen LogP contribution >= 0.6 is 11.6 Å². The Kier molecular flexibility index (Phi) is 3.86. The van der Waals surface area contributed by atoms with E-state index in [9.17, 15) is 4.79 Å². The van der Waals surface area contributed by atoms with Crippen molar-refractivity contribution in [2.75, 3.05) is 20.1 Å². The van der Waals surface area contributed by atoms with Crippen LogP contribution in [0.4, 0.5) is 0 Å². The van der Waals surface area contributed by atoms with Crippen LogP contribution in [0.5, 0.6) is 5.75 Å². The Morgan fingerprint density at radius 1 is 1.59 bits per heavy atom. The van der Waals surface area contributed by atoms with E-state index in [1.165, 1.54) is 0 Å². The Morgan fingerprint density at radius 2 is 2.41 bits per heavy atom. The van der Waals surface area contributed by atoms with Crippen LogP contribution in [0.15, 0.2) is 18.2 Å². The number of amides is 1. The van der Waals surface area contributed by atoms with Crippen LogP contribution in [0.25, 0.3) is 0 Å². The molecule has 1 unspecified atom stereocenters. The second-order valence-corrected chi connectivity index (χ2v) is 4.44. The number of rotatable bonds is 4. The molecule has 1 aromatic carbocycles. The first-order chi connectivity index (χ1) is 8.19. The molecule has 5 heteroatoms. The summed E-state index contributed by atoms with van der Waals surface area (Å²) >= 11 is 5.91. The molecule has 2 rings (SSSR count). The van der Waals surface area contributed by atoms with Crippen molar-refractivity contribution in [3.63, 3.8) is 0 Å². The molecule has 92 valence electrons. The smallest absolute Gasteiger partial charge is 0.233 e. The topological polar surface area (TPSA) is 50.4 Å². The largest absolute Gasteiger partial charge is 0.488 e. The van der Waals surface area contributed by atoms with E-state index in [0.717, 1.165) is 22.8 Å². The summed E-state index contributed by atoms with van der Waals surface area (Å²) in [6.07, 6.45) is 0.907. The van der Waals surface area contributed by atoms with Gasteiger partial charge >= 0.3 is 0 Å². The maximum absolute atomic E-state index is 11.0. The van der Waals surface area contributed by atoms with Gasteiger partial charge in [-0.25, -0.2) is 0 Å². The molecule has 0 fully saturated rings. The highest BCUT2D eigenvalue weighted by atomic mass is 35.5. The van der Waals surface area contributed by atoms with Crippen molar-refractivity contribution in [1.29, 1.82) is 0 Å². The Hall–Kier alpha value is -1.26. The van der Waals surface area contributed by atoms with Gasteiger partial charge in [0.1, 0.15) is 11.9 Å². The van der Waals surface area contributed by atoms with Crippen molar-refractivity contribution >= 4 is 17.5 Å². The van der Waals surface area contributed by atoms with Gasteiger partial charge in [0.05, 0.1) is 6.54 Å². The summed E-state index contributed by atoms with van der Waals surface area (Å²) in [4.78, 5) is 11.0. The van der Waals surface area contributed by atoms with Gasteiger partial charge in [-0.1, -0.05) is 11.6 Å². The van der Waals surface area contributed by atoms with Crippen LogP contribution in [0.2, 0.25) is 5.02 Å². The lowest BCUT2D eigenvalue weighted by Gasteiger charge is -2.11. The second-order valence-electron chi connectivity index (χ2n) is 4.00. The summed E-state index contributed by atoms with van der Waals surface area (Å²) in [6, 6.07) is 5.63. The Labute approximate surface area is 105 Å². The molecule has 1 atom stereocenters. The predicted octanol–water partition coefficient (Wildman–Crippen LogP) is 0.979. The first kappa shape index (κ1) is 12.2. The van der Waals surface area contributed by atoms with Crippen LogP contribution in [-0.4, -0.2) is 32.1 Å². The maximum atomic E-state index is 11.0. The normalized spacial score (nSPS) is 17.4. The van der Waals surface area contributed by atoms with Crippen LogP contribution in [-0.2, 0) is 11.2 Å². The van der Waals surface area contributed by atoms with Gasteiger partial charge in [0, 0.05) is 25.0 Å². The van der Waals surface area contributed by atoms with E-state index < -0.39 is 0 Å². The molecule has 1 aromatic rings. The van der Waals surface area contributed by atoms with E-state index in [2.05, 4.69) is 10.6 Å². The zero-order chi connectivity index (χ0) is 12.3. The van der Waals surface area contributed by atoms with Crippen molar-refractivity contribution in [3.8, 4) is 5.75 Å². The van der Waals surface area contributed by atoms with Gasteiger partial charge in [0.25, 0.3) is 0 Å². The Bertz CT molecular complexity index is 423.